The Morgan fingerprint density at radius 1 is 1.28 bits per heavy atom. The number of piperazine rings is 1. The number of nitrogens with one attached hydrogen (secondary N) is 1. The Bertz CT molecular complexity index is 848. The molecule has 0 atom stereocenters. The van der Waals surface area contributed by atoms with Gasteiger partial charge < -0.3 is 19.5 Å². The van der Waals surface area contributed by atoms with Crippen LogP contribution < -0.4 is 4.74 Å². The van der Waals surface area contributed by atoms with E-state index in [1.807, 2.05) is 0 Å². The zero-order valence-corrected chi connectivity index (χ0v) is 15.9. The van der Waals surface area contributed by atoms with Gasteiger partial charge in [-0.15, -0.1) is 0 Å². The second kappa shape index (κ2) is 8.78. The summed E-state index contributed by atoms with van der Waals surface area (Å²) in [6.07, 6.45) is -3.19. The largest absolute Gasteiger partial charge is 0.487 e. The lowest BCUT2D eigenvalue weighted by Crippen LogP contribution is -2.44. The van der Waals surface area contributed by atoms with Crippen LogP contribution in [0.2, 0.25) is 0 Å². The van der Waals surface area contributed by atoms with Gasteiger partial charge in [0.25, 0.3) is 0 Å². The zero-order valence-electron chi connectivity index (χ0n) is 15.9. The van der Waals surface area contributed by atoms with Crippen LogP contribution in [0, 0.1) is 10.1 Å². The highest BCUT2D eigenvalue weighted by molar-refractivity contribution is 5.63. The van der Waals surface area contributed by atoms with Crippen LogP contribution in [-0.4, -0.2) is 71.1 Å². The number of ether oxygens (including phenoxy) is 1. The molecule has 0 radical (unpaired) electrons. The SMILES string of the molecule is CN1CCN(CCCOc2ccc(-c3ncc(C(F)(F)F)[nH]3)cc2[N+](=O)[O-])CC1. The van der Waals surface area contributed by atoms with E-state index >= 15 is 0 Å². The average molecular weight is 413 g/mol. The van der Waals surface area contributed by atoms with Crippen LogP contribution in [0.4, 0.5) is 18.9 Å². The first-order valence-corrected chi connectivity index (χ1v) is 9.19. The molecule has 2 aromatic rings. The van der Waals surface area contributed by atoms with Crippen molar-refractivity contribution in [3.05, 3.63) is 40.2 Å². The van der Waals surface area contributed by atoms with Gasteiger partial charge >= 0.3 is 11.9 Å². The third-order valence-corrected chi connectivity index (χ3v) is 4.78. The van der Waals surface area contributed by atoms with E-state index < -0.39 is 16.8 Å². The molecule has 0 amide bonds. The molecule has 1 aromatic carbocycles. The van der Waals surface area contributed by atoms with E-state index in [-0.39, 0.29) is 22.8 Å². The molecule has 2 heterocycles. The molecule has 8 nitrogen and oxygen atoms in total. The molecule has 1 saturated heterocycles. The number of nitrogens with zero attached hydrogens (tertiary/aromatic N) is 4. The second-order valence-corrected chi connectivity index (χ2v) is 6.93. The van der Waals surface area contributed by atoms with Gasteiger partial charge in [-0.2, -0.15) is 13.2 Å². The summed E-state index contributed by atoms with van der Waals surface area (Å²) < 4.78 is 43.7. The molecule has 158 valence electrons. The number of aromatic nitrogens is 2. The Hall–Kier alpha value is -2.66. The predicted octanol–water partition coefficient (Wildman–Crippen LogP) is 3.02. The highest BCUT2D eigenvalue weighted by atomic mass is 19.4. The number of likely N-dealkylation sites (N-methyl/N-ethyl adjacent to an activating group) is 1. The maximum Gasteiger partial charge on any atom is 0.432 e. The number of rotatable bonds is 7. The Morgan fingerprint density at radius 3 is 2.62 bits per heavy atom. The van der Waals surface area contributed by atoms with Crippen LogP contribution in [0.3, 0.4) is 0 Å². The minimum absolute atomic E-state index is 0.0831. The Morgan fingerprint density at radius 2 is 2.00 bits per heavy atom. The molecule has 1 aliphatic rings. The molecule has 0 aliphatic carbocycles. The monoisotopic (exact) mass is 413 g/mol. The van der Waals surface area contributed by atoms with E-state index in [4.69, 9.17) is 4.74 Å². The Balaban J connectivity index is 1.62. The first-order chi connectivity index (χ1) is 13.7. The summed E-state index contributed by atoms with van der Waals surface area (Å²) in [6, 6.07) is 4.00. The van der Waals surface area contributed by atoms with Crippen molar-refractivity contribution in [1.29, 1.82) is 0 Å². The first-order valence-electron chi connectivity index (χ1n) is 9.19. The standard InChI is InChI=1S/C18H22F3N5O3/c1-24-6-8-25(9-7-24)5-2-10-29-15-4-3-13(11-14(15)26(27)28)17-22-12-16(23-17)18(19,20)21/h3-4,11-12H,2,5-10H2,1H3,(H,22,23). The van der Waals surface area contributed by atoms with Gasteiger partial charge in [-0.3, -0.25) is 10.1 Å². The lowest BCUT2D eigenvalue weighted by atomic mass is 10.2. The van der Waals surface area contributed by atoms with Gasteiger partial charge in [0.1, 0.15) is 11.5 Å². The fourth-order valence-corrected chi connectivity index (χ4v) is 3.08. The topological polar surface area (TPSA) is 87.5 Å². The number of hydrogen-bond acceptors (Lipinski definition) is 6. The summed E-state index contributed by atoms with van der Waals surface area (Å²) >= 11 is 0. The van der Waals surface area contributed by atoms with E-state index in [1.54, 1.807) is 0 Å². The van der Waals surface area contributed by atoms with Crippen LogP contribution in [-0.2, 0) is 6.18 Å². The predicted molar refractivity (Wildman–Crippen MR) is 99.7 cm³/mol. The summed E-state index contributed by atoms with van der Waals surface area (Å²) in [5.41, 5.74) is -1.15. The van der Waals surface area contributed by atoms with E-state index in [9.17, 15) is 23.3 Å². The number of halogens is 3. The number of benzene rings is 1. The van der Waals surface area contributed by atoms with Gasteiger partial charge in [-0.25, -0.2) is 4.98 Å². The summed E-state index contributed by atoms with van der Waals surface area (Å²) in [7, 11) is 2.08. The van der Waals surface area contributed by atoms with E-state index in [2.05, 4.69) is 26.8 Å². The molecule has 11 heteroatoms. The number of alkyl halides is 3. The van der Waals surface area contributed by atoms with Gasteiger partial charge in [-0.05, 0) is 25.6 Å². The molecule has 0 bridgehead atoms. The van der Waals surface area contributed by atoms with Crippen LogP contribution in [0.25, 0.3) is 11.4 Å². The number of imidazole rings is 1. The van der Waals surface area contributed by atoms with Crippen LogP contribution in [0.15, 0.2) is 24.4 Å². The van der Waals surface area contributed by atoms with Crippen molar-refractivity contribution in [2.75, 3.05) is 46.4 Å². The average Bonchev–Trinajstić information content (AvgIpc) is 3.17. The Kier molecular flexibility index (Phi) is 6.38. The van der Waals surface area contributed by atoms with Crippen molar-refractivity contribution in [2.45, 2.75) is 12.6 Å². The summed E-state index contributed by atoms with van der Waals surface area (Å²) in [4.78, 5) is 21.1. The van der Waals surface area contributed by atoms with E-state index in [1.165, 1.54) is 12.1 Å². The molecule has 0 spiro atoms. The molecule has 0 saturated carbocycles. The number of hydrogen-bond donors (Lipinski definition) is 1. The third-order valence-electron chi connectivity index (χ3n) is 4.78. The molecule has 29 heavy (non-hydrogen) atoms. The van der Waals surface area contributed by atoms with Crippen molar-refractivity contribution < 1.29 is 22.8 Å². The van der Waals surface area contributed by atoms with Crippen molar-refractivity contribution in [3.8, 4) is 17.1 Å². The van der Waals surface area contributed by atoms with Crippen molar-refractivity contribution in [3.63, 3.8) is 0 Å². The van der Waals surface area contributed by atoms with Crippen molar-refractivity contribution >= 4 is 5.69 Å². The smallest absolute Gasteiger partial charge is 0.432 e. The van der Waals surface area contributed by atoms with Crippen LogP contribution in [0.5, 0.6) is 5.75 Å². The fraction of sp³-hybridized carbons (Fsp3) is 0.500. The molecule has 3 rings (SSSR count). The van der Waals surface area contributed by atoms with E-state index in [0.29, 0.717) is 12.8 Å². The lowest BCUT2D eigenvalue weighted by molar-refractivity contribution is -0.385. The zero-order chi connectivity index (χ0) is 21.0. The maximum absolute atomic E-state index is 12.7. The summed E-state index contributed by atoms with van der Waals surface area (Å²) in [5.74, 6) is -0.0123. The normalized spacial score (nSPS) is 16.1. The van der Waals surface area contributed by atoms with Gasteiger partial charge in [0.2, 0.25) is 0 Å². The summed E-state index contributed by atoms with van der Waals surface area (Å²) in [6.45, 7) is 5.13. The highest BCUT2D eigenvalue weighted by Crippen LogP contribution is 2.33. The minimum Gasteiger partial charge on any atom is -0.487 e. The highest BCUT2D eigenvalue weighted by Gasteiger charge is 2.33. The van der Waals surface area contributed by atoms with E-state index in [0.717, 1.165) is 45.2 Å². The molecule has 1 aliphatic heterocycles. The third kappa shape index (κ3) is 5.45. The van der Waals surface area contributed by atoms with Crippen LogP contribution >= 0.6 is 0 Å². The van der Waals surface area contributed by atoms with Crippen molar-refractivity contribution in [1.82, 2.24) is 19.8 Å². The molecular formula is C18H22F3N5O3. The van der Waals surface area contributed by atoms with Crippen LogP contribution in [0.1, 0.15) is 12.1 Å². The number of H-pyrrole nitrogens is 1. The summed E-state index contributed by atoms with van der Waals surface area (Å²) in [5, 5.41) is 11.4. The van der Waals surface area contributed by atoms with Gasteiger partial charge in [-0.1, -0.05) is 0 Å². The molecule has 1 fully saturated rings. The Labute approximate surface area is 165 Å². The molecular weight excluding hydrogens is 391 g/mol. The number of nitro benzene ring substituents is 1. The first kappa shape index (κ1) is 21.1. The number of nitro groups is 1. The quantitative estimate of drug-likeness (QED) is 0.427. The molecule has 1 N–H and O–H groups in total. The van der Waals surface area contributed by atoms with Gasteiger partial charge in [0.15, 0.2) is 5.75 Å². The van der Waals surface area contributed by atoms with Gasteiger partial charge in [0.05, 0.1) is 17.7 Å². The minimum atomic E-state index is -4.57. The fourth-order valence-electron chi connectivity index (χ4n) is 3.08. The maximum atomic E-state index is 12.7. The lowest BCUT2D eigenvalue weighted by Gasteiger charge is -2.32. The van der Waals surface area contributed by atoms with Crippen molar-refractivity contribution in [2.24, 2.45) is 0 Å². The second-order valence-electron chi connectivity index (χ2n) is 6.93. The van der Waals surface area contributed by atoms with Gasteiger partial charge in [0, 0.05) is 44.4 Å². The number of aromatic amines is 1. The molecule has 1 aromatic heterocycles. The molecule has 0 unspecified atom stereocenters.